The summed E-state index contributed by atoms with van der Waals surface area (Å²) in [5, 5.41) is 11.4. The largest absolute Gasteiger partial charge is 0.481 e. The van der Waals surface area contributed by atoms with Crippen LogP contribution in [-0.2, 0) is 4.79 Å². The number of benzene rings is 1. The van der Waals surface area contributed by atoms with Crippen molar-refractivity contribution in [3.63, 3.8) is 0 Å². The highest BCUT2D eigenvalue weighted by atomic mass is 16.4. The number of amides is 1. The van der Waals surface area contributed by atoms with Gasteiger partial charge in [0.2, 0.25) is 0 Å². The van der Waals surface area contributed by atoms with Crippen LogP contribution in [0.15, 0.2) is 18.2 Å². The summed E-state index contributed by atoms with van der Waals surface area (Å²) in [6, 6.07) is 5.52. The molecule has 0 saturated carbocycles. The van der Waals surface area contributed by atoms with Crippen molar-refractivity contribution in [2.24, 2.45) is 5.92 Å². The summed E-state index contributed by atoms with van der Waals surface area (Å²) in [5.74, 6) is -1.07. The van der Waals surface area contributed by atoms with E-state index in [1.165, 1.54) is 0 Å². The molecular formula is C14H19NO3. The van der Waals surface area contributed by atoms with Gasteiger partial charge in [0.25, 0.3) is 5.91 Å². The maximum absolute atomic E-state index is 11.8. The molecule has 1 unspecified atom stereocenters. The molecule has 0 aliphatic rings. The van der Waals surface area contributed by atoms with Crippen LogP contribution in [0.1, 0.15) is 34.8 Å². The van der Waals surface area contributed by atoms with Crippen molar-refractivity contribution in [3.8, 4) is 0 Å². The molecule has 0 saturated heterocycles. The van der Waals surface area contributed by atoms with Gasteiger partial charge in [0, 0.05) is 18.5 Å². The van der Waals surface area contributed by atoms with Crippen LogP contribution in [-0.4, -0.2) is 23.5 Å². The summed E-state index contributed by atoms with van der Waals surface area (Å²) in [6.07, 6.45) is 0.0627. The van der Waals surface area contributed by atoms with Gasteiger partial charge in [-0.05, 0) is 43.0 Å². The van der Waals surface area contributed by atoms with Crippen molar-refractivity contribution < 1.29 is 14.7 Å². The van der Waals surface area contributed by atoms with Gasteiger partial charge in [0.1, 0.15) is 0 Å². The van der Waals surface area contributed by atoms with E-state index >= 15 is 0 Å². The molecule has 0 aliphatic heterocycles. The Balaban J connectivity index is 2.55. The Morgan fingerprint density at radius 3 is 2.50 bits per heavy atom. The van der Waals surface area contributed by atoms with Gasteiger partial charge in [-0.3, -0.25) is 9.59 Å². The molecule has 1 amide bonds. The number of carbonyl (C=O) groups excluding carboxylic acids is 1. The highest BCUT2D eigenvalue weighted by molar-refractivity contribution is 5.94. The Morgan fingerprint density at radius 1 is 1.28 bits per heavy atom. The third-order valence-corrected chi connectivity index (χ3v) is 2.90. The molecule has 2 N–H and O–H groups in total. The molecule has 18 heavy (non-hydrogen) atoms. The second-order valence-corrected chi connectivity index (χ2v) is 4.71. The van der Waals surface area contributed by atoms with Crippen molar-refractivity contribution in [3.05, 3.63) is 34.9 Å². The normalized spacial score (nSPS) is 11.9. The zero-order chi connectivity index (χ0) is 13.7. The summed E-state index contributed by atoms with van der Waals surface area (Å²) in [6.45, 7) is 6.12. The van der Waals surface area contributed by atoms with Gasteiger partial charge in [0.05, 0.1) is 0 Å². The number of hydrogen-bond donors (Lipinski definition) is 2. The van der Waals surface area contributed by atoms with E-state index in [2.05, 4.69) is 5.32 Å². The molecule has 0 spiro atoms. The van der Waals surface area contributed by atoms with Crippen molar-refractivity contribution in [2.45, 2.75) is 27.2 Å². The van der Waals surface area contributed by atoms with Crippen LogP contribution in [0.2, 0.25) is 0 Å². The maximum Gasteiger partial charge on any atom is 0.303 e. The molecule has 1 rings (SSSR count). The number of carboxylic acid groups (broad SMARTS) is 1. The molecule has 1 atom stereocenters. The molecule has 0 aromatic heterocycles. The van der Waals surface area contributed by atoms with Crippen molar-refractivity contribution >= 4 is 11.9 Å². The summed E-state index contributed by atoms with van der Waals surface area (Å²) in [5.41, 5.74) is 2.83. The molecule has 98 valence electrons. The molecule has 0 fully saturated rings. The second kappa shape index (κ2) is 6.19. The molecule has 4 heteroatoms. The van der Waals surface area contributed by atoms with E-state index < -0.39 is 5.97 Å². The van der Waals surface area contributed by atoms with Crippen LogP contribution >= 0.6 is 0 Å². The molecule has 1 aromatic rings. The first-order chi connectivity index (χ1) is 8.40. The quantitative estimate of drug-likeness (QED) is 0.840. The van der Waals surface area contributed by atoms with E-state index in [1.807, 2.05) is 26.0 Å². The molecular weight excluding hydrogens is 230 g/mol. The van der Waals surface area contributed by atoms with Crippen LogP contribution < -0.4 is 5.32 Å². The third kappa shape index (κ3) is 4.20. The minimum absolute atomic E-state index is 0.0627. The van der Waals surface area contributed by atoms with Crippen LogP contribution in [0.4, 0.5) is 0 Å². The van der Waals surface area contributed by atoms with E-state index in [4.69, 9.17) is 5.11 Å². The monoisotopic (exact) mass is 249 g/mol. The lowest BCUT2D eigenvalue weighted by molar-refractivity contribution is -0.137. The van der Waals surface area contributed by atoms with Crippen LogP contribution in [0.3, 0.4) is 0 Å². The molecule has 0 bridgehead atoms. The summed E-state index contributed by atoms with van der Waals surface area (Å²) >= 11 is 0. The fourth-order valence-electron chi connectivity index (χ4n) is 1.62. The Bertz CT molecular complexity index is 454. The lowest BCUT2D eigenvalue weighted by Crippen LogP contribution is -2.29. The fourth-order valence-corrected chi connectivity index (χ4v) is 1.62. The minimum Gasteiger partial charge on any atom is -0.481 e. The fraction of sp³-hybridized carbons (Fsp3) is 0.429. The number of hydrogen-bond acceptors (Lipinski definition) is 2. The van der Waals surface area contributed by atoms with Crippen LogP contribution in [0, 0.1) is 19.8 Å². The summed E-state index contributed by atoms with van der Waals surface area (Å²) in [7, 11) is 0. The Labute approximate surface area is 107 Å². The predicted molar refractivity (Wildman–Crippen MR) is 69.7 cm³/mol. The van der Waals surface area contributed by atoms with Gasteiger partial charge in [-0.15, -0.1) is 0 Å². The van der Waals surface area contributed by atoms with E-state index in [0.717, 1.165) is 11.1 Å². The van der Waals surface area contributed by atoms with Gasteiger partial charge in [-0.1, -0.05) is 13.0 Å². The summed E-state index contributed by atoms with van der Waals surface area (Å²) in [4.78, 5) is 22.3. The van der Waals surface area contributed by atoms with Gasteiger partial charge in [-0.25, -0.2) is 0 Å². The van der Waals surface area contributed by atoms with Crippen LogP contribution in [0.5, 0.6) is 0 Å². The first kappa shape index (κ1) is 14.2. The highest BCUT2D eigenvalue weighted by Crippen LogP contribution is 2.10. The SMILES string of the molecule is Cc1ccc(C(=O)NCC(C)CC(=O)O)cc1C. The zero-order valence-electron chi connectivity index (χ0n) is 11.0. The Morgan fingerprint density at radius 2 is 1.94 bits per heavy atom. The maximum atomic E-state index is 11.8. The lowest BCUT2D eigenvalue weighted by Gasteiger charge is -2.11. The molecule has 0 aliphatic carbocycles. The first-order valence-electron chi connectivity index (χ1n) is 5.97. The van der Waals surface area contributed by atoms with Crippen molar-refractivity contribution in [1.29, 1.82) is 0 Å². The van der Waals surface area contributed by atoms with Gasteiger partial charge in [0.15, 0.2) is 0 Å². The average molecular weight is 249 g/mol. The number of aliphatic carboxylic acids is 1. The molecule has 1 aromatic carbocycles. The predicted octanol–water partition coefficient (Wildman–Crippen LogP) is 2.14. The van der Waals surface area contributed by atoms with Gasteiger partial charge >= 0.3 is 5.97 Å². The lowest BCUT2D eigenvalue weighted by atomic mass is 10.1. The molecule has 4 nitrogen and oxygen atoms in total. The van der Waals surface area contributed by atoms with Crippen molar-refractivity contribution in [2.75, 3.05) is 6.54 Å². The van der Waals surface area contributed by atoms with Gasteiger partial charge < -0.3 is 10.4 Å². The number of nitrogens with one attached hydrogen (secondary N) is 1. The van der Waals surface area contributed by atoms with E-state index in [9.17, 15) is 9.59 Å². The number of carboxylic acids is 1. The topological polar surface area (TPSA) is 66.4 Å². The minimum atomic E-state index is -0.845. The number of carbonyl (C=O) groups is 2. The van der Waals surface area contributed by atoms with Gasteiger partial charge in [-0.2, -0.15) is 0 Å². The summed E-state index contributed by atoms with van der Waals surface area (Å²) < 4.78 is 0. The molecule has 0 heterocycles. The Kier molecular flexibility index (Phi) is 4.89. The third-order valence-electron chi connectivity index (χ3n) is 2.90. The Hall–Kier alpha value is -1.84. The molecule has 0 radical (unpaired) electrons. The number of rotatable bonds is 5. The van der Waals surface area contributed by atoms with Crippen molar-refractivity contribution in [1.82, 2.24) is 5.32 Å². The number of aryl methyl sites for hydroxylation is 2. The average Bonchev–Trinajstić information content (AvgIpc) is 2.28. The smallest absolute Gasteiger partial charge is 0.303 e. The standard InChI is InChI=1S/C14H19NO3/c1-9(6-13(16)17)8-15-14(18)12-5-4-10(2)11(3)7-12/h4-5,7,9H,6,8H2,1-3H3,(H,15,18)(H,16,17). The van der Waals surface area contributed by atoms with E-state index in [0.29, 0.717) is 12.1 Å². The first-order valence-corrected chi connectivity index (χ1v) is 5.97. The van der Waals surface area contributed by atoms with E-state index in [1.54, 1.807) is 13.0 Å². The second-order valence-electron chi connectivity index (χ2n) is 4.71. The van der Waals surface area contributed by atoms with Crippen LogP contribution in [0.25, 0.3) is 0 Å². The van der Waals surface area contributed by atoms with E-state index in [-0.39, 0.29) is 18.2 Å². The zero-order valence-corrected chi connectivity index (χ0v) is 11.0. The highest BCUT2D eigenvalue weighted by Gasteiger charge is 2.11.